The number of aliphatic imine (C=N–C) groups is 1. The Hall–Kier alpha value is -1.32. The van der Waals surface area contributed by atoms with Crippen molar-refractivity contribution in [2.45, 2.75) is 32.9 Å². The second-order valence-electron chi connectivity index (χ2n) is 7.62. The number of ether oxygens (including phenoxy) is 1. The highest BCUT2D eigenvalue weighted by Crippen LogP contribution is 2.15. The van der Waals surface area contributed by atoms with Crippen molar-refractivity contribution < 1.29 is 4.74 Å². The maximum atomic E-state index is 5.51. The summed E-state index contributed by atoms with van der Waals surface area (Å²) in [5.74, 6) is 1.51. The normalized spacial score (nSPS) is 16.8. The summed E-state index contributed by atoms with van der Waals surface area (Å²) in [4.78, 5) is 10.4. The first kappa shape index (κ1) is 23.0. The van der Waals surface area contributed by atoms with E-state index < -0.39 is 0 Å². The Morgan fingerprint density at radius 2 is 1.96 bits per heavy atom. The minimum absolute atomic E-state index is 0. The van der Waals surface area contributed by atoms with Gasteiger partial charge >= 0.3 is 0 Å². The van der Waals surface area contributed by atoms with Crippen molar-refractivity contribution >= 4 is 40.8 Å². The number of halogens is 1. The molecule has 1 aromatic heterocycles. The van der Waals surface area contributed by atoms with Crippen LogP contribution in [0.1, 0.15) is 26.0 Å². The predicted octanol–water partition coefficient (Wildman–Crippen LogP) is 3.20. The molecule has 156 valence electrons. The van der Waals surface area contributed by atoms with Crippen LogP contribution in [-0.4, -0.2) is 61.8 Å². The number of benzene rings is 1. The lowest BCUT2D eigenvalue weighted by Gasteiger charge is -2.35. The molecule has 1 unspecified atom stereocenters. The Morgan fingerprint density at radius 3 is 2.64 bits per heavy atom. The van der Waals surface area contributed by atoms with E-state index in [0.29, 0.717) is 12.0 Å². The number of para-hydroxylation sites is 1. The lowest BCUT2D eigenvalue weighted by atomic mass is 10.0. The Kier molecular flexibility index (Phi) is 9.53. The summed E-state index contributed by atoms with van der Waals surface area (Å²) in [6.07, 6.45) is 1.17. The van der Waals surface area contributed by atoms with Gasteiger partial charge < -0.3 is 20.4 Å². The van der Waals surface area contributed by atoms with E-state index in [2.05, 4.69) is 69.7 Å². The van der Waals surface area contributed by atoms with Crippen molar-refractivity contribution in [1.82, 2.24) is 20.5 Å². The van der Waals surface area contributed by atoms with Gasteiger partial charge in [0.25, 0.3) is 0 Å². The molecule has 6 nitrogen and oxygen atoms in total. The maximum Gasteiger partial charge on any atom is 0.191 e. The molecule has 1 saturated heterocycles. The Morgan fingerprint density at radius 1 is 1.21 bits per heavy atom. The molecule has 0 bridgehead atoms. The van der Waals surface area contributed by atoms with Gasteiger partial charge in [0.2, 0.25) is 0 Å². The van der Waals surface area contributed by atoms with Gasteiger partial charge in [-0.15, -0.1) is 24.0 Å². The third-order valence-corrected chi connectivity index (χ3v) is 5.07. The number of aromatic amines is 1. The van der Waals surface area contributed by atoms with Gasteiger partial charge in [-0.2, -0.15) is 0 Å². The quantitative estimate of drug-likeness (QED) is 0.311. The zero-order valence-electron chi connectivity index (χ0n) is 17.2. The summed E-state index contributed by atoms with van der Waals surface area (Å²) in [5.41, 5.74) is 2.33. The van der Waals surface area contributed by atoms with E-state index in [4.69, 9.17) is 4.74 Å². The lowest BCUT2D eigenvalue weighted by molar-refractivity contribution is 0.0132. The molecule has 2 heterocycles. The molecule has 1 aromatic carbocycles. The number of hydrogen-bond acceptors (Lipinski definition) is 3. The number of nitrogens with zero attached hydrogens (tertiary/aromatic N) is 2. The molecule has 0 radical (unpaired) electrons. The fourth-order valence-corrected chi connectivity index (χ4v) is 3.69. The molecule has 1 aliphatic heterocycles. The highest BCUT2D eigenvalue weighted by Gasteiger charge is 2.22. The standard InChI is InChI=1S/C21H33N5O.HI/c1-16(2)12-19(26-8-10-27-11-9-26)15-24-21(22-3)23-14-18-13-17-6-4-5-7-20(17)25-18;/h4-7,13,16,19,25H,8-12,14-15H2,1-3H3,(H2,22,23,24);1H. The molecule has 3 rings (SSSR count). The van der Waals surface area contributed by atoms with Gasteiger partial charge in [0.1, 0.15) is 0 Å². The molecular weight excluding hydrogens is 465 g/mol. The minimum Gasteiger partial charge on any atom is -0.379 e. The lowest BCUT2D eigenvalue weighted by Crippen LogP contribution is -2.51. The number of aromatic nitrogens is 1. The summed E-state index contributed by atoms with van der Waals surface area (Å²) < 4.78 is 5.51. The number of guanidine groups is 1. The third-order valence-electron chi connectivity index (χ3n) is 5.07. The number of fused-ring (bicyclic) bond motifs is 1. The van der Waals surface area contributed by atoms with Gasteiger partial charge in [0.05, 0.1) is 19.8 Å². The van der Waals surface area contributed by atoms with Crippen LogP contribution in [0.25, 0.3) is 10.9 Å². The van der Waals surface area contributed by atoms with Crippen LogP contribution in [0.15, 0.2) is 35.3 Å². The summed E-state index contributed by atoms with van der Waals surface area (Å²) in [5, 5.41) is 8.18. The smallest absolute Gasteiger partial charge is 0.191 e. The average Bonchev–Trinajstić information content (AvgIpc) is 3.10. The van der Waals surface area contributed by atoms with Crippen molar-refractivity contribution in [2.24, 2.45) is 10.9 Å². The van der Waals surface area contributed by atoms with E-state index >= 15 is 0 Å². The number of nitrogens with one attached hydrogen (secondary N) is 3. The average molecular weight is 499 g/mol. The number of morpholine rings is 1. The van der Waals surface area contributed by atoms with Crippen LogP contribution < -0.4 is 10.6 Å². The van der Waals surface area contributed by atoms with Crippen molar-refractivity contribution in [3.63, 3.8) is 0 Å². The van der Waals surface area contributed by atoms with E-state index in [1.54, 1.807) is 0 Å². The predicted molar refractivity (Wildman–Crippen MR) is 128 cm³/mol. The van der Waals surface area contributed by atoms with Gasteiger partial charge in [-0.3, -0.25) is 9.89 Å². The first-order valence-electron chi connectivity index (χ1n) is 9.98. The molecule has 1 fully saturated rings. The number of hydrogen-bond donors (Lipinski definition) is 3. The molecular formula is C21H34IN5O. The van der Waals surface area contributed by atoms with E-state index in [-0.39, 0.29) is 24.0 Å². The molecule has 0 aliphatic carbocycles. The molecule has 7 heteroatoms. The van der Waals surface area contributed by atoms with Gasteiger partial charge in [0, 0.05) is 43.9 Å². The molecule has 0 amide bonds. The Bertz CT molecular complexity index is 706. The largest absolute Gasteiger partial charge is 0.379 e. The van der Waals surface area contributed by atoms with Crippen LogP contribution in [0, 0.1) is 5.92 Å². The zero-order valence-corrected chi connectivity index (χ0v) is 19.5. The van der Waals surface area contributed by atoms with Crippen LogP contribution in [0.5, 0.6) is 0 Å². The van der Waals surface area contributed by atoms with E-state index in [0.717, 1.165) is 51.0 Å². The van der Waals surface area contributed by atoms with Crippen molar-refractivity contribution in [2.75, 3.05) is 39.9 Å². The summed E-state index contributed by atoms with van der Waals surface area (Å²) in [7, 11) is 1.83. The molecule has 0 spiro atoms. The first-order chi connectivity index (χ1) is 13.2. The van der Waals surface area contributed by atoms with Crippen molar-refractivity contribution in [3.05, 3.63) is 36.0 Å². The third kappa shape index (κ3) is 6.63. The summed E-state index contributed by atoms with van der Waals surface area (Å²) >= 11 is 0. The first-order valence-corrected chi connectivity index (χ1v) is 9.98. The molecule has 1 aliphatic rings. The molecule has 0 saturated carbocycles. The molecule has 28 heavy (non-hydrogen) atoms. The van der Waals surface area contributed by atoms with Crippen LogP contribution in [0.3, 0.4) is 0 Å². The van der Waals surface area contributed by atoms with Gasteiger partial charge in [-0.25, -0.2) is 0 Å². The van der Waals surface area contributed by atoms with Crippen LogP contribution in [0.2, 0.25) is 0 Å². The van der Waals surface area contributed by atoms with Crippen LogP contribution in [-0.2, 0) is 11.3 Å². The van der Waals surface area contributed by atoms with Crippen molar-refractivity contribution in [3.8, 4) is 0 Å². The Balaban J connectivity index is 0.00000280. The fraction of sp³-hybridized carbons (Fsp3) is 0.571. The van der Waals surface area contributed by atoms with Gasteiger partial charge in [-0.05, 0) is 29.9 Å². The molecule has 2 aromatic rings. The highest BCUT2D eigenvalue weighted by molar-refractivity contribution is 14.0. The van der Waals surface area contributed by atoms with E-state index in [9.17, 15) is 0 Å². The van der Waals surface area contributed by atoms with Crippen LogP contribution in [0.4, 0.5) is 0 Å². The monoisotopic (exact) mass is 499 g/mol. The van der Waals surface area contributed by atoms with E-state index in [1.165, 1.54) is 17.3 Å². The molecule has 3 N–H and O–H groups in total. The second kappa shape index (κ2) is 11.6. The summed E-state index contributed by atoms with van der Waals surface area (Å²) in [6, 6.07) is 11.0. The van der Waals surface area contributed by atoms with Gasteiger partial charge in [0.15, 0.2) is 5.96 Å². The van der Waals surface area contributed by atoms with Crippen LogP contribution >= 0.6 is 24.0 Å². The topological polar surface area (TPSA) is 64.7 Å². The zero-order chi connectivity index (χ0) is 19.1. The molecule has 1 atom stereocenters. The minimum atomic E-state index is 0. The Labute approximate surface area is 185 Å². The van der Waals surface area contributed by atoms with Gasteiger partial charge in [-0.1, -0.05) is 32.0 Å². The fourth-order valence-electron chi connectivity index (χ4n) is 3.69. The second-order valence-corrected chi connectivity index (χ2v) is 7.62. The highest BCUT2D eigenvalue weighted by atomic mass is 127. The number of rotatable bonds is 7. The SMILES string of the molecule is CN=C(NCc1cc2ccccc2[nH]1)NCC(CC(C)C)N1CCOCC1.I. The van der Waals surface area contributed by atoms with Crippen molar-refractivity contribution in [1.29, 1.82) is 0 Å². The maximum absolute atomic E-state index is 5.51. The van der Waals surface area contributed by atoms with E-state index in [1.807, 2.05) is 7.05 Å². The number of H-pyrrole nitrogens is 1. The summed E-state index contributed by atoms with van der Waals surface area (Å²) in [6.45, 7) is 9.89.